The Balaban J connectivity index is 1.32. The van der Waals surface area contributed by atoms with E-state index in [4.69, 9.17) is 62.8 Å². The maximum atomic E-state index is 14.1. The van der Waals surface area contributed by atoms with Crippen LogP contribution in [-0.4, -0.2) is 203 Å². The molecule has 55 heavy (non-hydrogen) atoms. The first kappa shape index (κ1) is 44.7. The molecule has 5 fully saturated rings. The molecule has 320 valence electrons. The number of aliphatic hydroxyl groups is 7. The Labute approximate surface area is 317 Å². The largest absolute Gasteiger partial charge is 0.394 e. The number of hydrogen-bond acceptors (Lipinski definition) is 21. The van der Waals surface area contributed by atoms with Crippen LogP contribution in [0.3, 0.4) is 0 Å². The smallest absolute Gasteiger partial charge is 0.252 e. The van der Waals surface area contributed by atoms with E-state index < -0.39 is 142 Å². The summed E-state index contributed by atoms with van der Waals surface area (Å²) in [6.45, 7) is -0.657. The number of aliphatic hydroxyl groups excluding tert-OH is 7. The number of nitrogens with one attached hydrogen (secondary N) is 2. The van der Waals surface area contributed by atoms with Crippen molar-refractivity contribution in [2.45, 2.75) is 154 Å². The van der Waals surface area contributed by atoms with Gasteiger partial charge in [-0.2, -0.15) is 0 Å². The lowest BCUT2D eigenvalue weighted by molar-refractivity contribution is -0.296. The van der Waals surface area contributed by atoms with Crippen LogP contribution in [0.2, 0.25) is 0 Å². The highest BCUT2D eigenvalue weighted by Gasteiger charge is 2.54. The molecule has 5 aliphatic rings. The third kappa shape index (κ3) is 10.3. The SMILES string of the molecule is NC[C@@H](F)[C@H](O)C(=O)N[C@@H]1C[C@H](N)[C@@H](O[C@H]2O[C@H](CNCC3CC(N)C3)[C@@H](O)C[C@H]2N)[C@H](O[C@@H]2O[C@H](CO)[C@@H](O[C@H]3O[C@@H](CN)[C@@H](O)[C@H](O)[C@H]3N)[C@H]2O)[C@H]1O. The van der Waals surface area contributed by atoms with Crippen molar-refractivity contribution >= 4 is 5.91 Å². The fourth-order valence-electron chi connectivity index (χ4n) is 7.75. The van der Waals surface area contributed by atoms with E-state index >= 15 is 0 Å². The summed E-state index contributed by atoms with van der Waals surface area (Å²) in [6.07, 6.45) is -21.6. The molecule has 0 spiro atoms. The zero-order valence-electron chi connectivity index (χ0n) is 30.4. The average Bonchev–Trinajstić information content (AvgIpc) is 3.44. The van der Waals surface area contributed by atoms with Gasteiger partial charge in [-0.3, -0.25) is 4.79 Å². The van der Waals surface area contributed by atoms with E-state index in [0.29, 0.717) is 12.5 Å². The van der Waals surface area contributed by atoms with Gasteiger partial charge in [-0.1, -0.05) is 0 Å². The van der Waals surface area contributed by atoms with Gasteiger partial charge in [0.25, 0.3) is 5.91 Å². The molecule has 0 unspecified atom stereocenters. The minimum atomic E-state index is -2.16. The lowest BCUT2D eigenvalue weighted by atomic mass is 9.81. The third-order valence-corrected chi connectivity index (χ3v) is 11.2. The molecule has 3 saturated heterocycles. The lowest BCUT2D eigenvalue weighted by Gasteiger charge is -2.47. The zero-order chi connectivity index (χ0) is 40.3. The van der Waals surface area contributed by atoms with Crippen LogP contribution in [-0.2, 0) is 33.2 Å². The van der Waals surface area contributed by atoms with E-state index in [1.807, 2.05) is 0 Å². The van der Waals surface area contributed by atoms with Crippen LogP contribution in [0.4, 0.5) is 4.39 Å². The first-order valence-corrected chi connectivity index (χ1v) is 18.8. The minimum absolute atomic E-state index is 0.0766. The molecule has 0 aromatic heterocycles. The third-order valence-electron chi connectivity index (χ3n) is 11.2. The molecular formula is C32H61FN8O14. The van der Waals surface area contributed by atoms with E-state index in [-0.39, 0.29) is 32.0 Å². The number of alkyl halides is 1. The van der Waals surface area contributed by atoms with Crippen molar-refractivity contribution in [3.63, 3.8) is 0 Å². The van der Waals surface area contributed by atoms with E-state index in [1.165, 1.54) is 0 Å². The fourth-order valence-corrected chi connectivity index (χ4v) is 7.75. The number of carbonyl (C=O) groups is 1. The second-order valence-electron chi connectivity index (χ2n) is 15.3. The van der Waals surface area contributed by atoms with Gasteiger partial charge >= 0.3 is 0 Å². The highest BCUT2D eigenvalue weighted by molar-refractivity contribution is 5.81. The van der Waals surface area contributed by atoms with Crippen molar-refractivity contribution in [2.75, 3.05) is 32.8 Å². The second-order valence-corrected chi connectivity index (χ2v) is 15.3. The van der Waals surface area contributed by atoms with Crippen LogP contribution < -0.4 is 45.0 Å². The van der Waals surface area contributed by atoms with Crippen LogP contribution in [0.25, 0.3) is 0 Å². The number of rotatable bonds is 16. The normalized spacial score (nSPS) is 47.5. The molecule has 2 saturated carbocycles. The molecule has 2 aliphatic carbocycles. The molecular weight excluding hydrogens is 739 g/mol. The van der Waals surface area contributed by atoms with Crippen LogP contribution >= 0.6 is 0 Å². The van der Waals surface area contributed by atoms with Gasteiger partial charge in [-0.15, -0.1) is 0 Å². The Bertz CT molecular complexity index is 1220. The van der Waals surface area contributed by atoms with Gasteiger partial charge in [0.15, 0.2) is 25.0 Å². The average molecular weight is 801 g/mol. The minimum Gasteiger partial charge on any atom is -0.394 e. The number of halogens is 1. The Hall–Kier alpha value is -1.40. The maximum Gasteiger partial charge on any atom is 0.252 e. The van der Waals surface area contributed by atoms with Crippen molar-refractivity contribution in [1.82, 2.24) is 10.6 Å². The number of hydrogen-bond donors (Lipinski definition) is 15. The molecule has 0 aromatic rings. The van der Waals surface area contributed by atoms with Crippen LogP contribution in [0, 0.1) is 5.92 Å². The summed E-state index contributed by atoms with van der Waals surface area (Å²) in [6, 6.07) is -4.34. The van der Waals surface area contributed by atoms with Crippen molar-refractivity contribution in [3.8, 4) is 0 Å². The second kappa shape index (κ2) is 19.6. The van der Waals surface area contributed by atoms with E-state index in [2.05, 4.69) is 10.6 Å². The topological polar surface area (TPSA) is 394 Å². The number of nitrogens with two attached hydrogens (primary N) is 6. The van der Waals surface area contributed by atoms with Gasteiger partial charge in [0.2, 0.25) is 0 Å². The molecule has 0 radical (unpaired) electrons. The van der Waals surface area contributed by atoms with Crippen molar-refractivity contribution in [3.05, 3.63) is 0 Å². The zero-order valence-corrected chi connectivity index (χ0v) is 30.4. The van der Waals surface area contributed by atoms with Gasteiger partial charge in [0.1, 0.15) is 61.1 Å². The van der Waals surface area contributed by atoms with Crippen molar-refractivity contribution < 1.29 is 73.4 Å². The van der Waals surface area contributed by atoms with Gasteiger partial charge in [-0.05, 0) is 38.1 Å². The molecule has 3 aliphatic heterocycles. The molecule has 21 N–H and O–H groups in total. The number of amides is 1. The summed E-state index contributed by atoms with van der Waals surface area (Å²) >= 11 is 0. The van der Waals surface area contributed by atoms with Gasteiger partial charge in [0, 0.05) is 31.7 Å². The summed E-state index contributed by atoms with van der Waals surface area (Å²) in [5, 5.41) is 80.5. The summed E-state index contributed by atoms with van der Waals surface area (Å²) in [5.74, 6) is -0.779. The Morgan fingerprint density at radius 3 is 2.02 bits per heavy atom. The maximum absolute atomic E-state index is 14.1. The van der Waals surface area contributed by atoms with Gasteiger partial charge in [-0.25, -0.2) is 4.39 Å². The summed E-state index contributed by atoms with van der Waals surface area (Å²) in [4.78, 5) is 12.7. The van der Waals surface area contributed by atoms with Crippen molar-refractivity contribution in [2.24, 2.45) is 40.3 Å². The molecule has 20 atom stereocenters. The lowest BCUT2D eigenvalue weighted by Crippen LogP contribution is -2.67. The molecule has 1 amide bonds. The quantitative estimate of drug-likeness (QED) is 0.0689. The van der Waals surface area contributed by atoms with E-state index in [0.717, 1.165) is 12.8 Å². The number of ether oxygens (including phenoxy) is 6. The van der Waals surface area contributed by atoms with Crippen LogP contribution in [0.5, 0.6) is 0 Å². The van der Waals surface area contributed by atoms with E-state index in [9.17, 15) is 44.9 Å². The highest BCUT2D eigenvalue weighted by atomic mass is 19.1. The molecule has 3 heterocycles. The molecule has 22 nitrogen and oxygen atoms in total. The first-order chi connectivity index (χ1) is 26.1. The van der Waals surface area contributed by atoms with Crippen LogP contribution in [0.1, 0.15) is 25.7 Å². The van der Waals surface area contributed by atoms with Gasteiger partial charge in [0.05, 0.1) is 36.9 Å². The summed E-state index contributed by atoms with van der Waals surface area (Å²) in [7, 11) is 0. The summed E-state index contributed by atoms with van der Waals surface area (Å²) < 4.78 is 49.9. The summed E-state index contributed by atoms with van der Waals surface area (Å²) in [5.41, 5.74) is 35.8. The highest BCUT2D eigenvalue weighted by Crippen LogP contribution is 2.35. The Kier molecular flexibility index (Phi) is 15.9. The molecule has 0 bridgehead atoms. The van der Waals surface area contributed by atoms with Crippen LogP contribution in [0.15, 0.2) is 0 Å². The molecule has 5 rings (SSSR count). The molecule has 0 aromatic carbocycles. The Morgan fingerprint density at radius 1 is 0.745 bits per heavy atom. The fraction of sp³-hybridized carbons (Fsp3) is 0.969. The molecule has 23 heteroatoms. The predicted molar refractivity (Wildman–Crippen MR) is 185 cm³/mol. The monoisotopic (exact) mass is 800 g/mol. The first-order valence-electron chi connectivity index (χ1n) is 18.8. The van der Waals surface area contributed by atoms with Gasteiger partial charge < -0.3 is 109 Å². The Morgan fingerprint density at radius 2 is 1.38 bits per heavy atom. The predicted octanol–water partition coefficient (Wildman–Crippen LogP) is -8.68. The standard InChI is InChI=1S/C32H61FN8O14/c33-12(5-34)21(44)29(49)41-15-3-13(37)26(53-30-14(38)4-16(43)18(51-30)8-40-7-10-1-11(36)2-10)28(22(15)45)55-32-25(48)27(19(9-42)52-32)54-31-20(39)24(47)23(46)17(6-35)50-31/h10-28,30-32,40,42-48H,1-9,34-39H2,(H,41,49)/t10?,11?,12-,13+,14-,15-,16+,17+,18-,19-,20-,21+,22+,23-,24-,25-,26-,27-,28-,30-,31-,32+/m1/s1. The van der Waals surface area contributed by atoms with E-state index in [1.54, 1.807) is 0 Å². The number of carbonyl (C=O) groups excluding carboxylic acids is 1. The van der Waals surface area contributed by atoms with Crippen molar-refractivity contribution in [1.29, 1.82) is 0 Å².